The molecular weight excluding hydrogens is 400 g/mol. The molecule has 1 aromatic rings. The largest absolute Gasteiger partial charge is 0.478 e. The van der Waals surface area contributed by atoms with Crippen LogP contribution in [0.2, 0.25) is 0 Å². The van der Waals surface area contributed by atoms with E-state index in [1.165, 1.54) is 12.2 Å². The first kappa shape index (κ1) is 24.2. The molecule has 1 N–H and O–H groups in total. The summed E-state index contributed by atoms with van der Waals surface area (Å²) < 4.78 is 5.70. The number of carbonyl (C=O) groups is 3. The van der Waals surface area contributed by atoms with Gasteiger partial charge in [0.15, 0.2) is 6.29 Å². The van der Waals surface area contributed by atoms with Crippen LogP contribution in [0.1, 0.15) is 30.1 Å². The van der Waals surface area contributed by atoms with Crippen molar-refractivity contribution < 1.29 is 29.1 Å². The summed E-state index contributed by atoms with van der Waals surface area (Å²) in [4.78, 5) is 42.3. The molecule has 0 radical (unpaired) electrons. The van der Waals surface area contributed by atoms with Gasteiger partial charge in [0, 0.05) is 12.5 Å². The summed E-state index contributed by atoms with van der Waals surface area (Å²) in [5.74, 6) is -1.94. The number of imide groups is 1. The SMILES string of the molecule is C=CC1=C(C=C)C(=O)N(OC2CC(N(C)C)CC(C)O2)C1=O.O=C(O)c1ccccc1. The van der Waals surface area contributed by atoms with Gasteiger partial charge in [-0.15, -0.1) is 5.06 Å². The van der Waals surface area contributed by atoms with Gasteiger partial charge in [-0.25, -0.2) is 9.63 Å². The Morgan fingerprint density at radius 2 is 1.68 bits per heavy atom. The first-order chi connectivity index (χ1) is 14.7. The fraction of sp³-hybridized carbons (Fsp3) is 0.348. The Bertz CT molecular complexity index is 847. The van der Waals surface area contributed by atoms with E-state index in [0.29, 0.717) is 12.0 Å². The van der Waals surface area contributed by atoms with Gasteiger partial charge < -0.3 is 14.7 Å². The molecule has 2 aliphatic heterocycles. The van der Waals surface area contributed by atoms with Crippen LogP contribution in [0, 0.1) is 0 Å². The van der Waals surface area contributed by atoms with Crippen molar-refractivity contribution in [1.82, 2.24) is 9.96 Å². The molecule has 1 fully saturated rings. The normalized spacial score (nSPS) is 23.5. The zero-order valence-corrected chi connectivity index (χ0v) is 18.0. The Morgan fingerprint density at radius 1 is 1.13 bits per heavy atom. The monoisotopic (exact) mass is 428 g/mol. The first-order valence-electron chi connectivity index (χ1n) is 9.84. The lowest BCUT2D eigenvalue weighted by atomic mass is 10.0. The maximum Gasteiger partial charge on any atom is 0.335 e. The molecule has 8 nitrogen and oxygen atoms in total. The number of hydrogen-bond donors (Lipinski definition) is 1. The number of carboxylic acids is 1. The highest BCUT2D eigenvalue weighted by atomic mass is 16.8. The lowest BCUT2D eigenvalue weighted by Gasteiger charge is -2.37. The molecule has 2 heterocycles. The average Bonchev–Trinajstić information content (AvgIpc) is 2.97. The summed E-state index contributed by atoms with van der Waals surface area (Å²) in [6.45, 7) is 9.06. The molecule has 31 heavy (non-hydrogen) atoms. The van der Waals surface area contributed by atoms with Gasteiger partial charge in [0.2, 0.25) is 0 Å². The third kappa shape index (κ3) is 5.97. The second-order valence-corrected chi connectivity index (χ2v) is 7.38. The summed E-state index contributed by atoms with van der Waals surface area (Å²) in [6.07, 6.45) is 3.49. The van der Waals surface area contributed by atoms with Crippen molar-refractivity contribution >= 4 is 17.8 Å². The summed E-state index contributed by atoms with van der Waals surface area (Å²) in [5.41, 5.74) is 0.735. The van der Waals surface area contributed by atoms with Crippen molar-refractivity contribution in [3.05, 3.63) is 72.4 Å². The molecule has 3 rings (SSSR count). The zero-order valence-electron chi connectivity index (χ0n) is 18.0. The summed E-state index contributed by atoms with van der Waals surface area (Å²) in [7, 11) is 3.97. The van der Waals surface area contributed by atoms with E-state index in [1.54, 1.807) is 30.3 Å². The van der Waals surface area contributed by atoms with Crippen LogP contribution in [0.5, 0.6) is 0 Å². The van der Waals surface area contributed by atoms with E-state index < -0.39 is 24.1 Å². The molecule has 0 spiro atoms. The fourth-order valence-electron chi connectivity index (χ4n) is 3.29. The van der Waals surface area contributed by atoms with Gasteiger partial charge in [0.25, 0.3) is 11.8 Å². The van der Waals surface area contributed by atoms with Crippen molar-refractivity contribution in [3.8, 4) is 0 Å². The van der Waals surface area contributed by atoms with Crippen LogP contribution in [0.25, 0.3) is 0 Å². The molecule has 0 aliphatic carbocycles. The molecule has 1 saturated heterocycles. The van der Waals surface area contributed by atoms with Gasteiger partial charge in [-0.2, -0.15) is 0 Å². The average molecular weight is 428 g/mol. The number of hydrogen-bond acceptors (Lipinski definition) is 6. The second-order valence-electron chi connectivity index (χ2n) is 7.38. The van der Waals surface area contributed by atoms with Crippen LogP contribution in [-0.2, 0) is 19.2 Å². The number of hydroxylamine groups is 2. The smallest absolute Gasteiger partial charge is 0.335 e. The first-order valence-corrected chi connectivity index (χ1v) is 9.84. The fourth-order valence-corrected chi connectivity index (χ4v) is 3.29. The Balaban J connectivity index is 0.000000316. The van der Waals surface area contributed by atoms with Gasteiger partial charge >= 0.3 is 5.97 Å². The van der Waals surface area contributed by atoms with Gasteiger partial charge in [-0.3, -0.25) is 9.59 Å². The number of carboxylic acid groups (broad SMARTS) is 1. The topological polar surface area (TPSA) is 96.4 Å². The minimum absolute atomic E-state index is 0.00957. The Labute approximate surface area is 182 Å². The van der Waals surface area contributed by atoms with E-state index in [-0.39, 0.29) is 23.3 Å². The van der Waals surface area contributed by atoms with Gasteiger partial charge in [-0.05, 0) is 39.6 Å². The van der Waals surface area contributed by atoms with Gasteiger partial charge in [-0.1, -0.05) is 43.5 Å². The molecule has 0 aromatic heterocycles. The third-order valence-electron chi connectivity index (χ3n) is 4.95. The van der Waals surface area contributed by atoms with Gasteiger partial charge in [0.05, 0.1) is 22.8 Å². The van der Waals surface area contributed by atoms with Crippen molar-refractivity contribution in [2.45, 2.75) is 38.2 Å². The number of carbonyl (C=O) groups excluding carboxylic acids is 2. The highest BCUT2D eigenvalue weighted by Gasteiger charge is 2.40. The van der Waals surface area contributed by atoms with Crippen molar-refractivity contribution in [1.29, 1.82) is 0 Å². The van der Waals surface area contributed by atoms with E-state index in [9.17, 15) is 14.4 Å². The Morgan fingerprint density at radius 3 is 2.10 bits per heavy atom. The number of amides is 2. The molecule has 2 aliphatic rings. The molecule has 2 amide bonds. The molecule has 3 atom stereocenters. The number of nitrogens with zero attached hydrogens (tertiary/aromatic N) is 2. The number of aromatic carboxylic acids is 1. The molecule has 166 valence electrons. The van der Waals surface area contributed by atoms with Crippen molar-refractivity contribution in [3.63, 3.8) is 0 Å². The molecule has 3 unspecified atom stereocenters. The summed E-state index contributed by atoms with van der Waals surface area (Å²) >= 11 is 0. The third-order valence-corrected chi connectivity index (χ3v) is 4.95. The predicted molar refractivity (Wildman–Crippen MR) is 115 cm³/mol. The van der Waals surface area contributed by atoms with Crippen molar-refractivity contribution in [2.75, 3.05) is 14.1 Å². The Hall–Kier alpha value is -3.07. The minimum Gasteiger partial charge on any atom is -0.478 e. The number of benzene rings is 1. The lowest BCUT2D eigenvalue weighted by Crippen LogP contribution is -2.46. The van der Waals surface area contributed by atoms with Crippen LogP contribution < -0.4 is 0 Å². The maximum atomic E-state index is 12.2. The molecule has 8 heteroatoms. The van der Waals surface area contributed by atoms with E-state index in [1.807, 2.05) is 21.0 Å². The number of ether oxygens (including phenoxy) is 1. The molecule has 0 saturated carbocycles. The second kappa shape index (κ2) is 10.8. The predicted octanol–water partition coefficient (Wildman–Crippen LogP) is 2.80. The standard InChI is InChI=1S/C16H22N2O4.C7H6O2/c1-6-12-13(7-2)16(20)18(15(12)19)22-14-9-11(17(4)5)8-10(3)21-14;8-7(9)6-4-2-1-3-5-6/h6-7,10-11,14H,1-2,8-9H2,3-5H3;1-5H,(H,8,9). The highest BCUT2D eigenvalue weighted by Crippen LogP contribution is 2.28. The lowest BCUT2D eigenvalue weighted by molar-refractivity contribution is -0.284. The van der Waals surface area contributed by atoms with Gasteiger partial charge in [0.1, 0.15) is 0 Å². The number of rotatable bonds is 6. The maximum absolute atomic E-state index is 12.2. The summed E-state index contributed by atoms with van der Waals surface area (Å²) in [5, 5.41) is 9.14. The van der Waals surface area contributed by atoms with Crippen LogP contribution in [0.15, 0.2) is 66.8 Å². The molecular formula is C23H28N2O6. The minimum atomic E-state index is -0.879. The Kier molecular flexibility index (Phi) is 8.44. The van der Waals surface area contributed by atoms with Crippen LogP contribution in [0.4, 0.5) is 0 Å². The highest BCUT2D eigenvalue weighted by molar-refractivity contribution is 6.21. The quantitative estimate of drug-likeness (QED) is 0.696. The van der Waals surface area contributed by atoms with Crippen LogP contribution in [0.3, 0.4) is 0 Å². The molecule has 0 bridgehead atoms. The summed E-state index contributed by atoms with van der Waals surface area (Å²) in [6, 6.07) is 8.57. The van der Waals surface area contributed by atoms with Crippen LogP contribution in [-0.4, -0.2) is 65.4 Å². The molecule has 1 aromatic carbocycles. The van der Waals surface area contributed by atoms with Crippen molar-refractivity contribution in [2.24, 2.45) is 0 Å². The van der Waals surface area contributed by atoms with E-state index in [2.05, 4.69) is 18.1 Å². The van der Waals surface area contributed by atoms with E-state index in [4.69, 9.17) is 14.7 Å². The zero-order chi connectivity index (χ0) is 23.1. The van der Waals surface area contributed by atoms with Crippen LogP contribution >= 0.6 is 0 Å². The van der Waals surface area contributed by atoms with E-state index in [0.717, 1.165) is 11.5 Å². The van der Waals surface area contributed by atoms with E-state index >= 15 is 0 Å².